The zero-order valence-corrected chi connectivity index (χ0v) is 12.1. The summed E-state index contributed by atoms with van der Waals surface area (Å²) in [5.74, 6) is -0.183. The molecule has 2 atom stereocenters. The van der Waals surface area contributed by atoms with E-state index in [0.717, 1.165) is 18.9 Å². The van der Waals surface area contributed by atoms with Gasteiger partial charge in [-0.3, -0.25) is 4.79 Å². The van der Waals surface area contributed by atoms with Gasteiger partial charge in [0.2, 0.25) is 5.91 Å². The SMILES string of the molecule is NC1CCN(C(=O)C2CC2c2cccc(C(F)(F)F)c2)CC1. The number of nitrogens with two attached hydrogens (primary N) is 1. The highest BCUT2D eigenvalue weighted by Gasteiger charge is 2.46. The highest BCUT2D eigenvalue weighted by Crippen LogP contribution is 2.49. The van der Waals surface area contributed by atoms with Crippen molar-refractivity contribution < 1.29 is 18.0 Å². The normalized spacial score (nSPS) is 26.1. The van der Waals surface area contributed by atoms with Crippen molar-refractivity contribution in [2.24, 2.45) is 11.7 Å². The summed E-state index contributed by atoms with van der Waals surface area (Å²) in [7, 11) is 0. The van der Waals surface area contributed by atoms with Crippen molar-refractivity contribution in [3.8, 4) is 0 Å². The summed E-state index contributed by atoms with van der Waals surface area (Å²) in [5.41, 5.74) is 5.79. The first-order chi connectivity index (χ1) is 10.4. The Morgan fingerprint density at radius 3 is 2.55 bits per heavy atom. The molecule has 0 aromatic heterocycles. The molecule has 22 heavy (non-hydrogen) atoms. The van der Waals surface area contributed by atoms with E-state index < -0.39 is 11.7 Å². The smallest absolute Gasteiger partial charge is 0.342 e. The quantitative estimate of drug-likeness (QED) is 0.913. The molecule has 1 saturated carbocycles. The molecule has 2 fully saturated rings. The zero-order chi connectivity index (χ0) is 15.9. The summed E-state index contributed by atoms with van der Waals surface area (Å²) in [5, 5.41) is 0. The first-order valence-electron chi connectivity index (χ1n) is 7.58. The average Bonchev–Trinajstić information content (AvgIpc) is 3.27. The van der Waals surface area contributed by atoms with Crippen molar-refractivity contribution in [2.45, 2.75) is 37.4 Å². The lowest BCUT2D eigenvalue weighted by Gasteiger charge is -2.30. The number of likely N-dealkylation sites (tertiary alicyclic amines) is 1. The van der Waals surface area contributed by atoms with Gasteiger partial charge in [0, 0.05) is 25.0 Å². The van der Waals surface area contributed by atoms with Gasteiger partial charge in [-0.2, -0.15) is 13.2 Å². The maximum absolute atomic E-state index is 12.7. The molecular formula is C16H19F3N2O. The maximum atomic E-state index is 12.7. The number of rotatable bonds is 2. The molecule has 2 N–H and O–H groups in total. The molecule has 1 aromatic carbocycles. The van der Waals surface area contributed by atoms with E-state index in [1.165, 1.54) is 12.1 Å². The lowest BCUT2D eigenvalue weighted by atomic mass is 10.0. The van der Waals surface area contributed by atoms with Gasteiger partial charge in [0.25, 0.3) is 0 Å². The minimum absolute atomic E-state index is 0.0642. The standard InChI is InChI=1S/C16H19F3N2O/c17-16(18,19)11-3-1-2-10(8-11)13-9-14(13)15(22)21-6-4-12(20)5-7-21/h1-3,8,12-14H,4-7,9,20H2. The Kier molecular flexibility index (Phi) is 3.89. The van der Waals surface area contributed by atoms with Crippen molar-refractivity contribution in [1.82, 2.24) is 4.90 Å². The first-order valence-corrected chi connectivity index (χ1v) is 7.58. The fraction of sp³-hybridized carbons (Fsp3) is 0.562. The number of benzene rings is 1. The molecule has 1 aromatic rings. The summed E-state index contributed by atoms with van der Waals surface area (Å²) in [4.78, 5) is 14.2. The van der Waals surface area contributed by atoms with Crippen molar-refractivity contribution >= 4 is 5.91 Å². The molecule has 3 rings (SSSR count). The van der Waals surface area contributed by atoms with E-state index in [9.17, 15) is 18.0 Å². The highest BCUT2D eigenvalue weighted by molar-refractivity contribution is 5.83. The zero-order valence-electron chi connectivity index (χ0n) is 12.1. The molecule has 1 saturated heterocycles. The van der Waals surface area contributed by atoms with E-state index >= 15 is 0 Å². The lowest BCUT2D eigenvalue weighted by Crippen LogP contribution is -2.43. The number of amides is 1. The van der Waals surface area contributed by atoms with E-state index in [-0.39, 0.29) is 23.8 Å². The van der Waals surface area contributed by atoms with Crippen LogP contribution < -0.4 is 5.73 Å². The maximum Gasteiger partial charge on any atom is 0.416 e. The Morgan fingerprint density at radius 2 is 1.91 bits per heavy atom. The Bertz CT molecular complexity index is 565. The lowest BCUT2D eigenvalue weighted by molar-refractivity contribution is -0.137. The van der Waals surface area contributed by atoms with E-state index in [1.807, 2.05) is 4.90 Å². The topological polar surface area (TPSA) is 46.3 Å². The van der Waals surface area contributed by atoms with Gasteiger partial charge in [0.1, 0.15) is 0 Å². The van der Waals surface area contributed by atoms with E-state index in [2.05, 4.69) is 0 Å². The number of hydrogen-bond donors (Lipinski definition) is 1. The number of nitrogens with zero attached hydrogens (tertiary/aromatic N) is 1. The predicted octanol–water partition coefficient (Wildman–Crippen LogP) is 2.76. The summed E-state index contributed by atoms with van der Waals surface area (Å²) < 4.78 is 38.2. The Morgan fingerprint density at radius 1 is 1.23 bits per heavy atom. The van der Waals surface area contributed by atoms with Crippen LogP contribution in [-0.2, 0) is 11.0 Å². The van der Waals surface area contributed by atoms with Crippen LogP contribution in [0.2, 0.25) is 0 Å². The first kappa shape index (κ1) is 15.3. The van der Waals surface area contributed by atoms with Crippen LogP contribution in [0.25, 0.3) is 0 Å². The molecule has 1 heterocycles. The van der Waals surface area contributed by atoms with Crippen LogP contribution in [0.5, 0.6) is 0 Å². The monoisotopic (exact) mass is 312 g/mol. The Hall–Kier alpha value is -1.56. The van der Waals surface area contributed by atoms with Crippen LogP contribution in [0.4, 0.5) is 13.2 Å². The van der Waals surface area contributed by atoms with Gasteiger partial charge in [-0.25, -0.2) is 0 Å². The molecule has 2 unspecified atom stereocenters. The summed E-state index contributed by atoms with van der Waals surface area (Å²) >= 11 is 0. The molecule has 1 aliphatic heterocycles. The number of halogens is 3. The van der Waals surface area contributed by atoms with Crippen molar-refractivity contribution in [1.29, 1.82) is 0 Å². The van der Waals surface area contributed by atoms with Crippen molar-refractivity contribution in [3.63, 3.8) is 0 Å². The minimum atomic E-state index is -4.34. The van der Waals surface area contributed by atoms with Crippen molar-refractivity contribution in [2.75, 3.05) is 13.1 Å². The van der Waals surface area contributed by atoms with Gasteiger partial charge in [0.15, 0.2) is 0 Å². The fourth-order valence-corrected chi connectivity index (χ4v) is 3.14. The predicted molar refractivity (Wildman–Crippen MR) is 76.1 cm³/mol. The number of hydrogen-bond acceptors (Lipinski definition) is 2. The molecule has 0 radical (unpaired) electrons. The fourth-order valence-electron chi connectivity index (χ4n) is 3.14. The van der Waals surface area contributed by atoms with Crippen molar-refractivity contribution in [3.05, 3.63) is 35.4 Å². The van der Waals surface area contributed by atoms with E-state index in [4.69, 9.17) is 5.73 Å². The molecule has 0 spiro atoms. The number of carbonyl (C=O) groups excluding carboxylic acids is 1. The van der Waals surface area contributed by atoms with Crippen LogP contribution in [0.1, 0.15) is 36.3 Å². The molecule has 1 amide bonds. The number of carbonyl (C=O) groups is 1. The van der Waals surface area contributed by atoms with Crippen LogP contribution in [0.3, 0.4) is 0 Å². The third-order valence-corrected chi connectivity index (χ3v) is 4.60. The molecule has 3 nitrogen and oxygen atoms in total. The summed E-state index contributed by atoms with van der Waals surface area (Å²) in [6.07, 6.45) is -2.10. The Labute approximate surface area is 127 Å². The van der Waals surface area contributed by atoms with Crippen LogP contribution in [0.15, 0.2) is 24.3 Å². The van der Waals surface area contributed by atoms with Gasteiger partial charge in [-0.15, -0.1) is 0 Å². The second kappa shape index (κ2) is 5.57. The largest absolute Gasteiger partial charge is 0.416 e. The van der Waals surface area contributed by atoms with E-state index in [1.54, 1.807) is 6.07 Å². The van der Waals surface area contributed by atoms with Crippen LogP contribution >= 0.6 is 0 Å². The number of alkyl halides is 3. The molecule has 6 heteroatoms. The van der Waals surface area contributed by atoms with Gasteiger partial charge in [-0.05, 0) is 36.8 Å². The van der Waals surface area contributed by atoms with Crippen LogP contribution in [-0.4, -0.2) is 29.9 Å². The summed E-state index contributed by atoms with van der Waals surface area (Å²) in [6.45, 7) is 1.32. The second-order valence-corrected chi connectivity index (χ2v) is 6.23. The second-order valence-electron chi connectivity index (χ2n) is 6.23. The third-order valence-electron chi connectivity index (χ3n) is 4.60. The number of piperidine rings is 1. The molecule has 0 bridgehead atoms. The highest BCUT2D eigenvalue weighted by atomic mass is 19.4. The minimum Gasteiger partial charge on any atom is -0.342 e. The molecule has 1 aliphatic carbocycles. The van der Waals surface area contributed by atoms with E-state index in [0.29, 0.717) is 25.1 Å². The summed E-state index contributed by atoms with van der Waals surface area (Å²) in [6, 6.07) is 5.48. The van der Waals surface area contributed by atoms with Gasteiger partial charge >= 0.3 is 6.18 Å². The van der Waals surface area contributed by atoms with Crippen LogP contribution in [0, 0.1) is 5.92 Å². The van der Waals surface area contributed by atoms with Gasteiger partial charge < -0.3 is 10.6 Å². The molecule has 2 aliphatic rings. The molecular weight excluding hydrogens is 293 g/mol. The third kappa shape index (κ3) is 3.11. The Balaban J connectivity index is 1.66. The van der Waals surface area contributed by atoms with Gasteiger partial charge in [0.05, 0.1) is 5.56 Å². The molecule has 120 valence electrons. The van der Waals surface area contributed by atoms with Gasteiger partial charge in [-0.1, -0.05) is 18.2 Å². The average molecular weight is 312 g/mol.